The Kier molecular flexibility index (Phi) is 9.68. The van der Waals surface area contributed by atoms with Crippen LogP contribution < -0.4 is 14.8 Å². The summed E-state index contributed by atoms with van der Waals surface area (Å²) in [5.74, 6) is 1.26. The Balaban J connectivity index is 1.97. The van der Waals surface area contributed by atoms with E-state index >= 15 is 0 Å². The lowest BCUT2D eigenvalue weighted by molar-refractivity contribution is 0.0938. The third kappa shape index (κ3) is 7.14. The Morgan fingerprint density at radius 1 is 1.07 bits per heavy atom. The van der Waals surface area contributed by atoms with Gasteiger partial charge in [-0.1, -0.05) is 29.3 Å². The van der Waals surface area contributed by atoms with Crippen molar-refractivity contribution < 1.29 is 19.3 Å². The van der Waals surface area contributed by atoms with Crippen LogP contribution in [-0.4, -0.2) is 38.6 Å². The van der Waals surface area contributed by atoms with Gasteiger partial charge in [0.1, 0.15) is 6.61 Å². The summed E-state index contributed by atoms with van der Waals surface area (Å²) in [7, 11) is 1.60. The lowest BCUT2D eigenvalue weighted by Crippen LogP contribution is -2.20. The van der Waals surface area contributed by atoms with Gasteiger partial charge in [-0.25, -0.2) is 0 Å². The Bertz CT molecular complexity index is 746. The van der Waals surface area contributed by atoms with Crippen LogP contribution in [0.3, 0.4) is 0 Å². The molecule has 2 rings (SSSR count). The number of hydrogen-bond donors (Lipinski definition) is 2. The summed E-state index contributed by atoms with van der Waals surface area (Å²) >= 11 is 15.5. The van der Waals surface area contributed by atoms with Gasteiger partial charge in [0.05, 0.1) is 41.4 Å². The van der Waals surface area contributed by atoms with Crippen LogP contribution in [-0.2, 0) is 17.9 Å². The van der Waals surface area contributed by atoms with Gasteiger partial charge in [0.15, 0.2) is 11.5 Å². The predicted molar refractivity (Wildman–Crippen MR) is 111 cm³/mol. The summed E-state index contributed by atoms with van der Waals surface area (Å²) in [4.78, 5) is 0. The van der Waals surface area contributed by atoms with Gasteiger partial charge in [-0.15, -0.1) is 0 Å². The van der Waals surface area contributed by atoms with Crippen molar-refractivity contribution in [3.05, 3.63) is 56.0 Å². The molecular formula is C19H22BrCl2NO4. The fourth-order valence-corrected chi connectivity index (χ4v) is 3.27. The van der Waals surface area contributed by atoms with E-state index in [1.807, 2.05) is 18.2 Å². The average Bonchev–Trinajstić information content (AvgIpc) is 2.66. The van der Waals surface area contributed by atoms with Crippen molar-refractivity contribution in [1.82, 2.24) is 5.32 Å². The van der Waals surface area contributed by atoms with Gasteiger partial charge in [0.25, 0.3) is 0 Å². The SMILES string of the molecule is COc1cc(CNCCOCCO)cc(Br)c1OCc1ccc(Cl)c(Cl)c1. The van der Waals surface area contributed by atoms with Gasteiger partial charge >= 0.3 is 0 Å². The molecule has 2 aromatic carbocycles. The smallest absolute Gasteiger partial charge is 0.175 e. The lowest BCUT2D eigenvalue weighted by Gasteiger charge is -2.15. The van der Waals surface area contributed by atoms with Crippen molar-refractivity contribution >= 4 is 39.1 Å². The zero-order chi connectivity index (χ0) is 19.6. The Morgan fingerprint density at radius 2 is 1.89 bits per heavy atom. The Hall–Kier alpha value is -1.02. The second-order valence-electron chi connectivity index (χ2n) is 5.66. The number of rotatable bonds is 11. The quantitative estimate of drug-likeness (QED) is 0.467. The van der Waals surface area contributed by atoms with E-state index in [9.17, 15) is 0 Å². The van der Waals surface area contributed by atoms with E-state index in [2.05, 4.69) is 21.2 Å². The number of benzene rings is 2. The number of aliphatic hydroxyl groups excluding tert-OH is 1. The molecule has 8 heteroatoms. The molecule has 0 amide bonds. The number of ether oxygens (including phenoxy) is 3. The molecule has 27 heavy (non-hydrogen) atoms. The maximum Gasteiger partial charge on any atom is 0.175 e. The monoisotopic (exact) mass is 477 g/mol. The van der Waals surface area contributed by atoms with Crippen molar-refractivity contribution in [2.75, 3.05) is 33.5 Å². The van der Waals surface area contributed by atoms with Crippen LogP contribution in [0.1, 0.15) is 11.1 Å². The van der Waals surface area contributed by atoms with Gasteiger partial charge in [-0.2, -0.15) is 0 Å². The van der Waals surface area contributed by atoms with Crippen molar-refractivity contribution in [3.8, 4) is 11.5 Å². The molecule has 148 valence electrons. The highest BCUT2D eigenvalue weighted by atomic mass is 79.9. The fraction of sp³-hybridized carbons (Fsp3) is 0.368. The summed E-state index contributed by atoms with van der Waals surface area (Å²) in [6.45, 7) is 2.62. The molecule has 5 nitrogen and oxygen atoms in total. The first-order valence-corrected chi connectivity index (χ1v) is 9.92. The van der Waals surface area contributed by atoms with E-state index < -0.39 is 0 Å². The van der Waals surface area contributed by atoms with Crippen LogP contribution in [0.15, 0.2) is 34.8 Å². The van der Waals surface area contributed by atoms with Crippen LogP contribution >= 0.6 is 39.1 Å². The molecule has 0 aliphatic heterocycles. The molecule has 0 bridgehead atoms. The second-order valence-corrected chi connectivity index (χ2v) is 7.33. The van der Waals surface area contributed by atoms with Crippen LogP contribution in [0, 0.1) is 0 Å². The van der Waals surface area contributed by atoms with E-state index in [4.69, 9.17) is 42.5 Å². The standard InChI is InChI=1S/C19H22BrCl2NO4/c1-25-18-10-14(11-23-4-6-26-7-5-24)8-15(20)19(18)27-12-13-2-3-16(21)17(22)9-13/h2-3,8-10,23-24H,4-7,11-12H2,1H3. The number of hydrogen-bond acceptors (Lipinski definition) is 5. The minimum atomic E-state index is 0.0355. The largest absolute Gasteiger partial charge is 0.493 e. The highest BCUT2D eigenvalue weighted by Crippen LogP contribution is 2.37. The molecule has 0 unspecified atom stereocenters. The van der Waals surface area contributed by atoms with E-state index in [0.29, 0.717) is 54.5 Å². The maximum atomic E-state index is 8.67. The van der Waals surface area contributed by atoms with Gasteiger partial charge < -0.3 is 24.6 Å². The predicted octanol–water partition coefficient (Wildman–Crippen LogP) is 4.44. The van der Waals surface area contributed by atoms with E-state index in [0.717, 1.165) is 15.6 Å². The zero-order valence-electron chi connectivity index (χ0n) is 14.9. The molecule has 0 atom stereocenters. The average molecular weight is 479 g/mol. The molecule has 0 saturated carbocycles. The first-order valence-electron chi connectivity index (χ1n) is 8.37. The Labute approximate surface area is 177 Å². The van der Waals surface area contributed by atoms with Crippen molar-refractivity contribution in [2.45, 2.75) is 13.2 Å². The first-order chi connectivity index (χ1) is 13.0. The third-order valence-electron chi connectivity index (χ3n) is 3.64. The first kappa shape index (κ1) is 22.3. The minimum Gasteiger partial charge on any atom is -0.493 e. The van der Waals surface area contributed by atoms with Gasteiger partial charge in [0, 0.05) is 13.1 Å². The van der Waals surface area contributed by atoms with Crippen molar-refractivity contribution in [3.63, 3.8) is 0 Å². The molecule has 0 aromatic heterocycles. The third-order valence-corrected chi connectivity index (χ3v) is 4.97. The maximum absolute atomic E-state index is 8.67. The van der Waals surface area contributed by atoms with Gasteiger partial charge in [-0.05, 0) is 51.3 Å². The molecule has 0 aliphatic rings. The molecule has 0 aliphatic carbocycles. The summed E-state index contributed by atoms with van der Waals surface area (Å²) in [5, 5.41) is 13.0. The molecule has 2 N–H and O–H groups in total. The molecule has 0 spiro atoms. The van der Waals surface area contributed by atoms with Crippen LogP contribution in [0.2, 0.25) is 10.0 Å². The van der Waals surface area contributed by atoms with Crippen molar-refractivity contribution in [2.24, 2.45) is 0 Å². The molecular weight excluding hydrogens is 457 g/mol. The summed E-state index contributed by atoms with van der Waals surface area (Å²) < 4.78 is 17.4. The van der Waals surface area contributed by atoms with E-state index in [1.54, 1.807) is 19.2 Å². The highest BCUT2D eigenvalue weighted by Gasteiger charge is 2.12. The Morgan fingerprint density at radius 3 is 2.59 bits per heavy atom. The normalized spacial score (nSPS) is 10.9. The fourth-order valence-electron chi connectivity index (χ4n) is 2.34. The molecule has 0 heterocycles. The van der Waals surface area contributed by atoms with Crippen LogP contribution in [0.25, 0.3) is 0 Å². The second kappa shape index (κ2) is 11.7. The summed E-state index contributed by atoms with van der Waals surface area (Å²) in [6, 6.07) is 9.30. The van der Waals surface area contributed by atoms with Crippen LogP contribution in [0.5, 0.6) is 11.5 Å². The van der Waals surface area contributed by atoms with Crippen LogP contribution in [0.4, 0.5) is 0 Å². The zero-order valence-corrected chi connectivity index (χ0v) is 18.0. The molecule has 2 aromatic rings. The summed E-state index contributed by atoms with van der Waals surface area (Å²) in [6.07, 6.45) is 0. The number of halogens is 3. The topological polar surface area (TPSA) is 60.0 Å². The number of nitrogens with one attached hydrogen (secondary N) is 1. The van der Waals surface area contributed by atoms with Crippen molar-refractivity contribution in [1.29, 1.82) is 0 Å². The minimum absolute atomic E-state index is 0.0355. The molecule has 0 radical (unpaired) electrons. The van der Waals surface area contributed by atoms with Gasteiger partial charge in [-0.3, -0.25) is 0 Å². The van der Waals surface area contributed by atoms with E-state index in [1.165, 1.54) is 0 Å². The number of aliphatic hydroxyl groups is 1. The highest BCUT2D eigenvalue weighted by molar-refractivity contribution is 9.10. The van der Waals surface area contributed by atoms with E-state index in [-0.39, 0.29) is 6.61 Å². The molecule has 0 fully saturated rings. The molecule has 0 saturated heterocycles. The lowest BCUT2D eigenvalue weighted by atomic mass is 10.2. The van der Waals surface area contributed by atoms with Gasteiger partial charge in [0.2, 0.25) is 0 Å². The number of methoxy groups -OCH3 is 1. The summed E-state index contributed by atoms with van der Waals surface area (Å²) in [5.41, 5.74) is 1.95.